The molecule has 0 saturated carbocycles. The molecule has 3 amide bonds. The molecule has 164 valence electrons. The van der Waals surface area contributed by atoms with Crippen molar-refractivity contribution >= 4 is 23.4 Å². The average Bonchev–Trinajstić information content (AvgIpc) is 2.78. The fourth-order valence-electron chi connectivity index (χ4n) is 3.40. The van der Waals surface area contributed by atoms with Crippen LogP contribution in [0.4, 0.5) is 5.69 Å². The maximum absolute atomic E-state index is 13.1. The molecule has 1 saturated heterocycles. The normalized spacial score (nSPS) is 14.8. The summed E-state index contributed by atoms with van der Waals surface area (Å²) in [6.45, 7) is 7.77. The van der Waals surface area contributed by atoms with Crippen LogP contribution in [0, 0.1) is 12.8 Å². The van der Waals surface area contributed by atoms with E-state index in [4.69, 9.17) is 4.74 Å². The molecule has 0 unspecified atom stereocenters. The number of hydrogen-bond donors (Lipinski definition) is 2. The molecule has 2 aromatic rings. The molecule has 7 heteroatoms. The third kappa shape index (κ3) is 5.70. The summed E-state index contributed by atoms with van der Waals surface area (Å²) >= 11 is 0. The van der Waals surface area contributed by atoms with Gasteiger partial charge in [-0.25, -0.2) is 0 Å². The fraction of sp³-hybridized carbons (Fsp3) is 0.375. The monoisotopic (exact) mass is 423 g/mol. The summed E-state index contributed by atoms with van der Waals surface area (Å²) in [4.78, 5) is 40.4. The van der Waals surface area contributed by atoms with Gasteiger partial charge in [-0.3, -0.25) is 14.4 Å². The van der Waals surface area contributed by atoms with Gasteiger partial charge in [-0.15, -0.1) is 0 Å². The maximum atomic E-state index is 13.1. The van der Waals surface area contributed by atoms with Crippen molar-refractivity contribution < 1.29 is 19.1 Å². The minimum absolute atomic E-state index is 0.0893. The first-order chi connectivity index (χ1) is 14.9. The Balaban J connectivity index is 1.75. The average molecular weight is 424 g/mol. The summed E-state index contributed by atoms with van der Waals surface area (Å²) in [6, 6.07) is 13.3. The van der Waals surface area contributed by atoms with Gasteiger partial charge < -0.3 is 20.3 Å². The van der Waals surface area contributed by atoms with E-state index in [1.807, 2.05) is 32.9 Å². The first-order valence-electron chi connectivity index (χ1n) is 10.5. The highest BCUT2D eigenvalue weighted by atomic mass is 16.5. The lowest BCUT2D eigenvalue weighted by Gasteiger charge is -2.32. The van der Waals surface area contributed by atoms with E-state index in [1.54, 1.807) is 41.3 Å². The first-order valence-corrected chi connectivity index (χ1v) is 10.5. The Morgan fingerprint density at radius 3 is 2.23 bits per heavy atom. The minimum Gasteiger partial charge on any atom is -0.378 e. The molecule has 2 aromatic carbocycles. The lowest BCUT2D eigenvalue weighted by molar-refractivity contribution is -0.138. The van der Waals surface area contributed by atoms with Crippen molar-refractivity contribution in [1.29, 1.82) is 0 Å². The van der Waals surface area contributed by atoms with E-state index in [0.29, 0.717) is 43.1 Å². The first kappa shape index (κ1) is 22.5. The van der Waals surface area contributed by atoms with Gasteiger partial charge in [-0.1, -0.05) is 43.7 Å². The molecule has 1 heterocycles. The number of rotatable bonds is 6. The second-order valence-electron chi connectivity index (χ2n) is 8.00. The largest absolute Gasteiger partial charge is 0.378 e. The Bertz CT molecular complexity index is 934. The van der Waals surface area contributed by atoms with Crippen LogP contribution in [0.5, 0.6) is 0 Å². The predicted octanol–water partition coefficient (Wildman–Crippen LogP) is 2.86. The number of hydrogen-bond acceptors (Lipinski definition) is 4. The van der Waals surface area contributed by atoms with Crippen molar-refractivity contribution in [2.24, 2.45) is 5.92 Å². The van der Waals surface area contributed by atoms with E-state index in [-0.39, 0.29) is 17.7 Å². The molecule has 3 rings (SSSR count). The zero-order valence-corrected chi connectivity index (χ0v) is 18.2. The van der Waals surface area contributed by atoms with E-state index in [0.717, 1.165) is 5.56 Å². The molecule has 7 nitrogen and oxygen atoms in total. The number of para-hydroxylation sites is 1. The lowest BCUT2D eigenvalue weighted by atomic mass is 10.0. The molecule has 0 aliphatic carbocycles. The zero-order valence-electron chi connectivity index (χ0n) is 18.2. The molecule has 1 fully saturated rings. The Labute approximate surface area is 182 Å². The van der Waals surface area contributed by atoms with Crippen LogP contribution in [0.3, 0.4) is 0 Å². The van der Waals surface area contributed by atoms with Gasteiger partial charge >= 0.3 is 0 Å². The molecule has 0 radical (unpaired) electrons. The number of nitrogens with zero attached hydrogens (tertiary/aromatic N) is 1. The second-order valence-corrected chi connectivity index (χ2v) is 8.00. The number of aryl methyl sites for hydroxylation is 1. The van der Waals surface area contributed by atoms with Crippen LogP contribution in [0.15, 0.2) is 48.5 Å². The number of ether oxygens (including phenoxy) is 1. The van der Waals surface area contributed by atoms with Crippen molar-refractivity contribution in [2.75, 3.05) is 31.6 Å². The summed E-state index contributed by atoms with van der Waals surface area (Å²) < 4.78 is 5.31. The number of anilines is 1. The summed E-state index contributed by atoms with van der Waals surface area (Å²) in [5.74, 6) is -0.911. The van der Waals surface area contributed by atoms with Gasteiger partial charge in [-0.2, -0.15) is 0 Å². The van der Waals surface area contributed by atoms with Crippen molar-refractivity contribution in [2.45, 2.75) is 26.8 Å². The molecule has 1 aliphatic rings. The number of benzene rings is 2. The van der Waals surface area contributed by atoms with E-state index in [2.05, 4.69) is 10.6 Å². The van der Waals surface area contributed by atoms with Gasteiger partial charge in [0, 0.05) is 18.7 Å². The van der Waals surface area contributed by atoms with Crippen LogP contribution < -0.4 is 10.6 Å². The van der Waals surface area contributed by atoms with Gasteiger partial charge in [-0.05, 0) is 37.1 Å². The van der Waals surface area contributed by atoms with Gasteiger partial charge in [0.25, 0.3) is 11.8 Å². The molecular weight excluding hydrogens is 394 g/mol. The van der Waals surface area contributed by atoms with E-state index < -0.39 is 11.9 Å². The van der Waals surface area contributed by atoms with Crippen molar-refractivity contribution in [1.82, 2.24) is 10.2 Å². The van der Waals surface area contributed by atoms with Gasteiger partial charge in [0.2, 0.25) is 5.91 Å². The Morgan fingerprint density at radius 1 is 0.935 bits per heavy atom. The topological polar surface area (TPSA) is 87.7 Å². The third-order valence-electron chi connectivity index (χ3n) is 5.28. The lowest BCUT2D eigenvalue weighted by Crippen LogP contribution is -2.53. The van der Waals surface area contributed by atoms with Crippen LogP contribution in [0.2, 0.25) is 0 Å². The maximum Gasteiger partial charge on any atom is 0.255 e. The Kier molecular flexibility index (Phi) is 7.41. The fourth-order valence-corrected chi connectivity index (χ4v) is 3.40. The number of amides is 3. The van der Waals surface area contributed by atoms with Crippen LogP contribution in [-0.2, 0) is 9.53 Å². The highest BCUT2D eigenvalue weighted by Gasteiger charge is 2.30. The van der Waals surface area contributed by atoms with E-state index in [9.17, 15) is 14.4 Å². The summed E-state index contributed by atoms with van der Waals surface area (Å²) in [5, 5.41) is 5.68. The zero-order chi connectivity index (χ0) is 22.4. The van der Waals surface area contributed by atoms with Crippen molar-refractivity contribution in [3.63, 3.8) is 0 Å². The highest BCUT2D eigenvalue weighted by molar-refractivity contribution is 6.09. The Hall–Kier alpha value is -3.19. The second kappa shape index (κ2) is 10.2. The number of morpholine rings is 1. The quantitative estimate of drug-likeness (QED) is 0.748. The molecule has 1 atom stereocenters. The van der Waals surface area contributed by atoms with Gasteiger partial charge in [0.15, 0.2) is 0 Å². The highest BCUT2D eigenvalue weighted by Crippen LogP contribution is 2.18. The standard InChI is InChI=1S/C24H29N3O4/c1-16(2)21(24(30)27-12-14-31-15-13-27)26-23(29)19-6-4-5-7-20(19)25-22(28)18-10-8-17(3)9-11-18/h4-11,16,21H,12-15H2,1-3H3,(H,25,28)(H,26,29)/t21-/m1/s1. The van der Waals surface area contributed by atoms with Crippen molar-refractivity contribution in [3.05, 3.63) is 65.2 Å². The van der Waals surface area contributed by atoms with Crippen LogP contribution >= 0.6 is 0 Å². The molecule has 0 bridgehead atoms. The van der Waals surface area contributed by atoms with Crippen LogP contribution in [0.25, 0.3) is 0 Å². The summed E-state index contributed by atoms with van der Waals surface area (Å²) in [6.07, 6.45) is 0. The molecule has 1 aliphatic heterocycles. The smallest absolute Gasteiger partial charge is 0.255 e. The van der Waals surface area contributed by atoms with Crippen LogP contribution in [-0.4, -0.2) is 55.0 Å². The Morgan fingerprint density at radius 2 is 1.58 bits per heavy atom. The molecule has 0 aromatic heterocycles. The molecule has 31 heavy (non-hydrogen) atoms. The van der Waals surface area contributed by atoms with E-state index >= 15 is 0 Å². The SMILES string of the molecule is Cc1ccc(C(=O)Nc2ccccc2C(=O)N[C@@H](C(=O)N2CCOCC2)C(C)C)cc1. The minimum atomic E-state index is -0.661. The molecule has 0 spiro atoms. The third-order valence-corrected chi connectivity index (χ3v) is 5.28. The summed E-state index contributed by atoms with van der Waals surface area (Å²) in [5.41, 5.74) is 2.26. The molecular formula is C24H29N3O4. The van der Waals surface area contributed by atoms with Gasteiger partial charge in [0.05, 0.1) is 24.5 Å². The van der Waals surface area contributed by atoms with Crippen molar-refractivity contribution in [3.8, 4) is 0 Å². The number of carbonyl (C=O) groups is 3. The van der Waals surface area contributed by atoms with E-state index in [1.165, 1.54) is 0 Å². The number of nitrogens with one attached hydrogen (secondary N) is 2. The van der Waals surface area contributed by atoms with Crippen LogP contribution in [0.1, 0.15) is 40.1 Å². The van der Waals surface area contributed by atoms with Gasteiger partial charge in [0.1, 0.15) is 6.04 Å². The number of carbonyl (C=O) groups excluding carboxylic acids is 3. The molecule has 2 N–H and O–H groups in total. The summed E-state index contributed by atoms with van der Waals surface area (Å²) in [7, 11) is 0. The predicted molar refractivity (Wildman–Crippen MR) is 119 cm³/mol.